The number of rotatable bonds is 8. The van der Waals surface area contributed by atoms with Crippen LogP contribution in [-0.4, -0.2) is 50.2 Å². The highest BCUT2D eigenvalue weighted by atomic mass is 32.2. The molecule has 29 heavy (non-hydrogen) atoms. The third kappa shape index (κ3) is 4.18. The van der Waals surface area contributed by atoms with E-state index in [4.69, 9.17) is 4.74 Å². The number of hydrogen-bond acceptors (Lipinski definition) is 5. The average Bonchev–Trinajstić information content (AvgIpc) is 3.48. The van der Waals surface area contributed by atoms with Gasteiger partial charge in [0.15, 0.2) is 11.0 Å². The van der Waals surface area contributed by atoms with Crippen molar-refractivity contribution in [3.63, 3.8) is 0 Å². The average molecular weight is 414 g/mol. The van der Waals surface area contributed by atoms with Crippen LogP contribution in [0.25, 0.3) is 22.3 Å². The van der Waals surface area contributed by atoms with E-state index in [1.165, 1.54) is 22.7 Å². The number of amides is 1. The first-order valence-corrected chi connectivity index (χ1v) is 11.2. The van der Waals surface area contributed by atoms with Crippen molar-refractivity contribution in [2.45, 2.75) is 51.0 Å². The molecule has 0 bridgehead atoms. The largest absolute Gasteiger partial charge is 0.376 e. The van der Waals surface area contributed by atoms with Gasteiger partial charge in [0, 0.05) is 48.9 Å². The van der Waals surface area contributed by atoms with Crippen LogP contribution in [0.15, 0.2) is 35.6 Å². The van der Waals surface area contributed by atoms with Crippen molar-refractivity contribution >= 4 is 28.6 Å². The van der Waals surface area contributed by atoms with Crippen molar-refractivity contribution in [1.29, 1.82) is 0 Å². The summed E-state index contributed by atoms with van der Waals surface area (Å²) < 4.78 is 9.86. The molecule has 0 spiro atoms. The maximum Gasteiger partial charge on any atom is 0.230 e. The summed E-state index contributed by atoms with van der Waals surface area (Å²) in [6.45, 7) is 7.24. The van der Waals surface area contributed by atoms with Gasteiger partial charge >= 0.3 is 0 Å². The second kappa shape index (κ2) is 9.00. The molecule has 1 N–H and O–H groups in total. The predicted octanol–water partition coefficient (Wildman–Crippen LogP) is 3.33. The van der Waals surface area contributed by atoms with Gasteiger partial charge in [-0.3, -0.25) is 4.79 Å². The Morgan fingerprint density at radius 3 is 2.90 bits per heavy atom. The van der Waals surface area contributed by atoms with E-state index in [-0.39, 0.29) is 12.0 Å². The lowest BCUT2D eigenvalue weighted by atomic mass is 10.1. The zero-order valence-corrected chi connectivity index (χ0v) is 17.7. The molecule has 1 atom stereocenters. The van der Waals surface area contributed by atoms with E-state index in [9.17, 15) is 4.79 Å². The molecule has 1 amide bonds. The number of aromatic nitrogens is 4. The first-order valence-electron chi connectivity index (χ1n) is 10.2. The number of carbonyl (C=O) groups excluding carboxylic acids is 1. The lowest BCUT2D eigenvalue weighted by Gasteiger charge is -2.10. The van der Waals surface area contributed by atoms with Crippen LogP contribution in [0.4, 0.5) is 0 Å². The van der Waals surface area contributed by atoms with Gasteiger partial charge in [-0.2, -0.15) is 0 Å². The molecule has 154 valence electrons. The SMILES string of the molecule is CCn1c(SCC(=O)NCC2CCCO2)nnc1-c1cn(CC)c2ccccc12. The minimum Gasteiger partial charge on any atom is -0.376 e. The molecular weight excluding hydrogens is 386 g/mol. The van der Waals surface area contributed by atoms with Crippen molar-refractivity contribution in [3.8, 4) is 11.4 Å². The minimum absolute atomic E-state index is 0.000267. The van der Waals surface area contributed by atoms with Crippen molar-refractivity contribution < 1.29 is 9.53 Å². The van der Waals surface area contributed by atoms with Gasteiger partial charge in [-0.25, -0.2) is 0 Å². The Bertz CT molecular complexity index is 990. The summed E-state index contributed by atoms with van der Waals surface area (Å²) in [6, 6.07) is 8.35. The molecule has 1 unspecified atom stereocenters. The maximum absolute atomic E-state index is 12.2. The molecule has 1 fully saturated rings. The summed E-state index contributed by atoms with van der Waals surface area (Å²) >= 11 is 1.43. The lowest BCUT2D eigenvalue weighted by Crippen LogP contribution is -2.32. The fourth-order valence-corrected chi connectivity index (χ4v) is 4.61. The Morgan fingerprint density at radius 1 is 1.28 bits per heavy atom. The lowest BCUT2D eigenvalue weighted by molar-refractivity contribution is -0.119. The number of nitrogens with one attached hydrogen (secondary N) is 1. The summed E-state index contributed by atoms with van der Waals surface area (Å²) in [5, 5.41) is 13.7. The smallest absolute Gasteiger partial charge is 0.230 e. The first kappa shape index (κ1) is 20.0. The molecule has 1 saturated heterocycles. The Balaban J connectivity index is 1.49. The normalized spacial score (nSPS) is 16.6. The molecule has 1 aromatic carbocycles. The van der Waals surface area contributed by atoms with Gasteiger partial charge < -0.3 is 19.2 Å². The van der Waals surface area contributed by atoms with Gasteiger partial charge in [0.25, 0.3) is 0 Å². The number of carbonyl (C=O) groups is 1. The fraction of sp³-hybridized carbons (Fsp3) is 0.476. The van der Waals surface area contributed by atoms with E-state index >= 15 is 0 Å². The summed E-state index contributed by atoms with van der Waals surface area (Å²) in [4.78, 5) is 12.2. The molecule has 1 aliphatic heterocycles. The second-order valence-electron chi connectivity index (χ2n) is 7.12. The Labute approximate surface area is 174 Å². The highest BCUT2D eigenvalue weighted by Crippen LogP contribution is 2.31. The van der Waals surface area contributed by atoms with Gasteiger partial charge in [-0.1, -0.05) is 30.0 Å². The monoisotopic (exact) mass is 413 g/mol. The zero-order chi connectivity index (χ0) is 20.2. The highest BCUT2D eigenvalue weighted by molar-refractivity contribution is 7.99. The number of hydrogen-bond donors (Lipinski definition) is 1. The van der Waals surface area contributed by atoms with Crippen molar-refractivity contribution in [2.24, 2.45) is 0 Å². The quantitative estimate of drug-likeness (QED) is 0.574. The van der Waals surface area contributed by atoms with Gasteiger partial charge in [0.05, 0.1) is 11.9 Å². The van der Waals surface area contributed by atoms with Gasteiger partial charge in [0.2, 0.25) is 5.91 Å². The summed E-state index contributed by atoms with van der Waals surface area (Å²) in [7, 11) is 0. The van der Waals surface area contributed by atoms with Crippen LogP contribution in [-0.2, 0) is 22.6 Å². The fourth-order valence-electron chi connectivity index (χ4n) is 3.78. The number of ether oxygens (including phenoxy) is 1. The third-order valence-electron chi connectivity index (χ3n) is 5.29. The van der Waals surface area contributed by atoms with Crippen LogP contribution in [0.2, 0.25) is 0 Å². The Hall–Kier alpha value is -2.32. The van der Waals surface area contributed by atoms with E-state index in [0.717, 1.165) is 49.1 Å². The van der Waals surface area contributed by atoms with Gasteiger partial charge in [-0.05, 0) is 32.8 Å². The van der Waals surface area contributed by atoms with Gasteiger partial charge in [-0.15, -0.1) is 10.2 Å². The van der Waals surface area contributed by atoms with Crippen LogP contribution in [0.5, 0.6) is 0 Å². The first-order chi connectivity index (χ1) is 14.2. The summed E-state index contributed by atoms with van der Waals surface area (Å²) in [6.07, 6.45) is 4.40. The highest BCUT2D eigenvalue weighted by Gasteiger charge is 2.19. The molecule has 1 aliphatic rings. The molecule has 2 aromatic heterocycles. The molecule has 3 heterocycles. The number of fused-ring (bicyclic) bond motifs is 1. The maximum atomic E-state index is 12.2. The molecular formula is C21H27N5O2S. The molecule has 0 saturated carbocycles. The Morgan fingerprint density at radius 2 is 2.14 bits per heavy atom. The molecule has 7 nitrogen and oxygen atoms in total. The molecule has 3 aromatic rings. The second-order valence-corrected chi connectivity index (χ2v) is 8.07. The molecule has 8 heteroatoms. The van der Waals surface area contributed by atoms with E-state index < -0.39 is 0 Å². The van der Waals surface area contributed by atoms with Crippen molar-refractivity contribution in [1.82, 2.24) is 24.6 Å². The molecule has 0 radical (unpaired) electrons. The molecule has 4 rings (SSSR count). The number of nitrogens with zero attached hydrogens (tertiary/aromatic N) is 4. The zero-order valence-electron chi connectivity index (χ0n) is 16.9. The Kier molecular flexibility index (Phi) is 6.20. The van der Waals surface area contributed by atoms with Crippen molar-refractivity contribution in [2.75, 3.05) is 18.9 Å². The number of benzene rings is 1. The van der Waals surface area contributed by atoms with Crippen LogP contribution in [0.3, 0.4) is 0 Å². The molecule has 0 aliphatic carbocycles. The standard InChI is InChI=1S/C21H27N5O2S/c1-3-25-13-17(16-9-5-6-10-18(16)25)20-23-24-21(26(20)4-2)29-14-19(27)22-12-15-8-7-11-28-15/h5-6,9-10,13,15H,3-4,7-8,11-12,14H2,1-2H3,(H,22,27). The van der Waals surface area contributed by atoms with E-state index in [1.54, 1.807) is 0 Å². The van der Waals surface area contributed by atoms with Crippen molar-refractivity contribution in [3.05, 3.63) is 30.5 Å². The van der Waals surface area contributed by atoms with Gasteiger partial charge in [0.1, 0.15) is 0 Å². The van der Waals surface area contributed by atoms with E-state index in [0.29, 0.717) is 12.3 Å². The summed E-state index contributed by atoms with van der Waals surface area (Å²) in [5.74, 6) is 1.17. The predicted molar refractivity (Wildman–Crippen MR) is 115 cm³/mol. The van der Waals surface area contributed by atoms with Crippen LogP contribution in [0, 0.1) is 0 Å². The number of para-hydroxylation sites is 1. The van der Waals surface area contributed by atoms with Crippen LogP contribution in [0.1, 0.15) is 26.7 Å². The third-order valence-corrected chi connectivity index (χ3v) is 6.25. The number of thioether (sulfide) groups is 1. The minimum atomic E-state index is 0.000267. The summed E-state index contributed by atoms with van der Waals surface area (Å²) in [5.41, 5.74) is 2.27. The van der Waals surface area contributed by atoms with Crippen LogP contribution < -0.4 is 5.32 Å². The van der Waals surface area contributed by atoms with E-state index in [2.05, 4.69) is 62.9 Å². The van der Waals surface area contributed by atoms with E-state index in [1.807, 2.05) is 6.07 Å². The van der Waals surface area contributed by atoms with Crippen LogP contribution >= 0.6 is 11.8 Å². The number of aryl methyl sites for hydroxylation is 1. The topological polar surface area (TPSA) is 74.0 Å².